The second kappa shape index (κ2) is 15.8. The van der Waals surface area contributed by atoms with Gasteiger partial charge in [0.15, 0.2) is 5.71 Å². The Morgan fingerprint density at radius 3 is 2.11 bits per heavy atom. The number of para-hydroxylation sites is 1. The van der Waals surface area contributed by atoms with E-state index < -0.39 is 22.0 Å². The molecule has 0 saturated carbocycles. The molecule has 0 saturated heterocycles. The monoisotopic (exact) mass is 530 g/mol. The molecule has 0 radical (unpaired) electrons. The summed E-state index contributed by atoms with van der Waals surface area (Å²) in [6, 6.07) is 15.3. The lowest BCUT2D eigenvalue weighted by Crippen LogP contribution is -2.23. The van der Waals surface area contributed by atoms with Crippen LogP contribution >= 0.6 is 0 Å². The van der Waals surface area contributed by atoms with Crippen LogP contribution in [0, 0.1) is 0 Å². The molecule has 0 atom stereocenters. The van der Waals surface area contributed by atoms with Gasteiger partial charge in [-0.2, -0.15) is 21.6 Å². The Morgan fingerprint density at radius 2 is 1.58 bits per heavy atom. The van der Waals surface area contributed by atoms with Crippen molar-refractivity contribution in [2.24, 2.45) is 5.16 Å². The van der Waals surface area contributed by atoms with Gasteiger partial charge in [-0.25, -0.2) is 0 Å². The number of methoxy groups -OCH3 is 1. The second-order valence-electron chi connectivity index (χ2n) is 7.79. The summed E-state index contributed by atoms with van der Waals surface area (Å²) in [6.07, 6.45) is 3.41. The molecular weight excluding hydrogens is 497 g/mol. The third-order valence-electron chi connectivity index (χ3n) is 4.95. The highest BCUT2D eigenvalue weighted by molar-refractivity contribution is 7.85. The Bertz CT molecular complexity index is 1110. The molecule has 0 aliphatic carbocycles. The number of benzene rings is 2. The summed E-state index contributed by atoms with van der Waals surface area (Å²) in [6.45, 7) is 2.14. The lowest BCUT2D eigenvalue weighted by molar-refractivity contribution is -0.0601. The van der Waals surface area contributed by atoms with Crippen molar-refractivity contribution < 1.29 is 36.1 Å². The number of nitrogens with one attached hydrogen (secondary N) is 1. The maximum atomic E-state index is 12.3. The Balaban J connectivity index is 0.000000278. The van der Waals surface area contributed by atoms with Gasteiger partial charge in [-0.05, 0) is 48.2 Å². The van der Waals surface area contributed by atoms with E-state index in [9.17, 15) is 21.6 Å². The maximum Gasteiger partial charge on any atom is 0.437 e. The largest absolute Gasteiger partial charge is 0.497 e. The lowest BCUT2D eigenvalue weighted by atomic mass is 10.1. The van der Waals surface area contributed by atoms with Crippen LogP contribution in [0.15, 0.2) is 65.9 Å². The van der Waals surface area contributed by atoms with Crippen molar-refractivity contribution in [3.63, 3.8) is 0 Å². The van der Waals surface area contributed by atoms with E-state index in [2.05, 4.69) is 35.3 Å². The van der Waals surface area contributed by atoms with Crippen LogP contribution in [0.1, 0.15) is 51.0 Å². The highest BCUT2D eigenvalue weighted by Gasteiger charge is 2.37. The molecule has 7 nitrogen and oxygen atoms in total. The summed E-state index contributed by atoms with van der Waals surface area (Å²) in [5.41, 5.74) is -0.339. The first-order valence-electron chi connectivity index (χ1n) is 11.4. The molecule has 0 bridgehead atoms. The number of hydrogen-bond donors (Lipinski definition) is 3. The van der Waals surface area contributed by atoms with E-state index >= 15 is 0 Å². The van der Waals surface area contributed by atoms with Crippen LogP contribution in [0.2, 0.25) is 0 Å². The van der Waals surface area contributed by atoms with Gasteiger partial charge in [-0.1, -0.05) is 62.4 Å². The molecule has 0 unspecified atom stereocenters. The number of nitrogens with zero attached hydrogens (tertiary/aromatic N) is 1. The molecule has 3 aromatic rings. The fourth-order valence-corrected chi connectivity index (χ4v) is 3.66. The first kappa shape index (κ1) is 31.0. The van der Waals surface area contributed by atoms with E-state index in [1.165, 1.54) is 61.5 Å². The summed E-state index contributed by atoms with van der Waals surface area (Å²) in [7, 11) is -2.31. The van der Waals surface area contributed by atoms with Crippen molar-refractivity contribution >= 4 is 26.7 Å². The number of halogens is 3. The molecule has 3 rings (SSSR count). The summed E-state index contributed by atoms with van der Waals surface area (Å²) in [5, 5.41) is 11.8. The standard InChI is InChI=1S/C9H8F3NO2.C8H7N.C8H18O3S/c1-15-7-4-2-6(3-5-7)8(13-14)9(10,11)12;1-2-4-8-7(3-1)5-6-9-8;1-2-3-4-5-6-7-8-12(9,10)11/h2-5,14H,1H3;1-6,9H;2-8H2,1H3,(H,9,10,11). The topological polar surface area (TPSA) is 112 Å². The molecule has 11 heteroatoms. The fourth-order valence-electron chi connectivity index (χ4n) is 3.09. The number of oxime groups is 1. The fraction of sp³-hybridized carbons (Fsp3) is 0.400. The van der Waals surface area contributed by atoms with Crippen molar-refractivity contribution in [3.8, 4) is 5.75 Å². The molecule has 0 spiro atoms. The molecule has 1 heterocycles. The molecule has 0 aliphatic heterocycles. The Morgan fingerprint density at radius 1 is 0.972 bits per heavy atom. The van der Waals surface area contributed by atoms with Gasteiger partial charge in [-0.3, -0.25) is 4.55 Å². The van der Waals surface area contributed by atoms with Crippen molar-refractivity contribution in [1.82, 2.24) is 4.98 Å². The molecule has 0 aliphatic rings. The highest BCUT2D eigenvalue weighted by atomic mass is 32.2. The maximum absolute atomic E-state index is 12.3. The Labute approximate surface area is 209 Å². The number of fused-ring (bicyclic) bond motifs is 1. The Kier molecular flexibility index (Phi) is 13.6. The molecule has 0 fully saturated rings. The minimum atomic E-state index is -4.68. The van der Waals surface area contributed by atoms with Gasteiger partial charge in [0.2, 0.25) is 0 Å². The minimum Gasteiger partial charge on any atom is -0.497 e. The minimum absolute atomic E-state index is 0.0842. The first-order chi connectivity index (χ1) is 17.0. The number of hydrogen-bond acceptors (Lipinski definition) is 5. The van der Waals surface area contributed by atoms with E-state index in [1.54, 1.807) is 0 Å². The molecule has 3 N–H and O–H groups in total. The highest BCUT2D eigenvalue weighted by Crippen LogP contribution is 2.23. The zero-order valence-corrected chi connectivity index (χ0v) is 21.1. The van der Waals surface area contributed by atoms with Crippen LogP contribution < -0.4 is 4.74 Å². The third-order valence-corrected chi connectivity index (χ3v) is 5.75. The number of unbranched alkanes of at least 4 members (excludes halogenated alkanes) is 5. The average molecular weight is 531 g/mol. The van der Waals surface area contributed by atoms with Crippen LogP contribution in [0.4, 0.5) is 13.2 Å². The van der Waals surface area contributed by atoms with Crippen molar-refractivity contribution in [3.05, 3.63) is 66.4 Å². The van der Waals surface area contributed by atoms with Gasteiger partial charge in [0.05, 0.1) is 12.9 Å². The van der Waals surface area contributed by atoms with E-state index in [0.29, 0.717) is 12.2 Å². The molecule has 200 valence electrons. The zero-order valence-electron chi connectivity index (χ0n) is 20.3. The van der Waals surface area contributed by atoms with E-state index in [4.69, 9.17) is 14.5 Å². The zero-order chi connectivity index (χ0) is 27.0. The van der Waals surface area contributed by atoms with Crippen molar-refractivity contribution in [2.75, 3.05) is 12.9 Å². The van der Waals surface area contributed by atoms with Gasteiger partial charge >= 0.3 is 6.18 Å². The number of H-pyrrole nitrogens is 1. The third kappa shape index (κ3) is 12.6. The normalized spacial score (nSPS) is 11.8. The van der Waals surface area contributed by atoms with Crippen LogP contribution in [-0.2, 0) is 10.1 Å². The van der Waals surface area contributed by atoms with Gasteiger partial charge in [-0.15, -0.1) is 0 Å². The SMILES string of the molecule is CCCCCCCCS(=O)(=O)O.COc1ccc(C(=NO)C(F)(F)F)cc1.c1ccc2[nH]ccc2c1. The molecular formula is C25H33F3N2O5S. The predicted octanol–water partition coefficient (Wildman–Crippen LogP) is 6.84. The van der Waals surface area contributed by atoms with Crippen molar-refractivity contribution in [2.45, 2.75) is 51.6 Å². The predicted molar refractivity (Wildman–Crippen MR) is 135 cm³/mol. The van der Waals surface area contributed by atoms with Crippen LogP contribution in [0.25, 0.3) is 10.9 Å². The van der Waals surface area contributed by atoms with Gasteiger partial charge < -0.3 is 14.9 Å². The number of aromatic amines is 1. The van der Waals surface area contributed by atoms with Crippen molar-refractivity contribution in [1.29, 1.82) is 0 Å². The molecule has 36 heavy (non-hydrogen) atoms. The number of ether oxygens (including phenoxy) is 1. The Hall–Kier alpha value is -3.05. The molecule has 0 amide bonds. The van der Waals surface area contributed by atoms with E-state index in [-0.39, 0.29) is 11.3 Å². The molecule has 1 aromatic heterocycles. The van der Waals surface area contributed by atoms with Gasteiger partial charge in [0, 0.05) is 17.3 Å². The first-order valence-corrected chi connectivity index (χ1v) is 13.0. The smallest absolute Gasteiger partial charge is 0.437 e. The summed E-state index contributed by atoms with van der Waals surface area (Å²) in [5.74, 6) is 0.345. The van der Waals surface area contributed by atoms with Crippen LogP contribution in [-0.4, -0.2) is 47.9 Å². The summed E-state index contributed by atoms with van der Waals surface area (Å²) in [4.78, 5) is 3.12. The molecule has 2 aromatic carbocycles. The lowest BCUT2D eigenvalue weighted by Gasteiger charge is -2.08. The number of alkyl halides is 3. The quantitative estimate of drug-likeness (QED) is 0.0922. The van der Waals surface area contributed by atoms with Crippen LogP contribution in [0.5, 0.6) is 5.75 Å². The van der Waals surface area contributed by atoms with Gasteiger partial charge in [0.1, 0.15) is 5.75 Å². The summed E-state index contributed by atoms with van der Waals surface area (Å²) < 4.78 is 70.5. The van der Waals surface area contributed by atoms with Crippen LogP contribution in [0.3, 0.4) is 0 Å². The number of rotatable bonds is 9. The number of aromatic nitrogens is 1. The second-order valence-corrected chi connectivity index (χ2v) is 9.37. The van der Waals surface area contributed by atoms with E-state index in [1.807, 2.05) is 18.3 Å². The summed E-state index contributed by atoms with van der Waals surface area (Å²) >= 11 is 0. The van der Waals surface area contributed by atoms with E-state index in [0.717, 1.165) is 12.8 Å². The average Bonchev–Trinajstić information content (AvgIpc) is 3.31. The van der Waals surface area contributed by atoms with Gasteiger partial charge in [0.25, 0.3) is 10.1 Å².